The summed E-state index contributed by atoms with van der Waals surface area (Å²) in [5.74, 6) is -0.195. The normalized spacial score (nSPS) is 20.3. The number of nitrogens with one attached hydrogen (secondary N) is 4. The third-order valence-corrected chi connectivity index (χ3v) is 13.3. The van der Waals surface area contributed by atoms with E-state index >= 15 is 0 Å². The second-order valence-electron chi connectivity index (χ2n) is 16.6. The molecule has 4 atom stereocenters. The first kappa shape index (κ1) is 56.4. The van der Waals surface area contributed by atoms with E-state index in [1.54, 1.807) is 25.3 Å². The van der Waals surface area contributed by atoms with Crippen LogP contribution in [0.15, 0.2) is 75.4 Å². The van der Waals surface area contributed by atoms with Crippen LogP contribution in [0.4, 0.5) is 27.1 Å². The molecule has 1 saturated carbocycles. The Hall–Kier alpha value is -4.71. The molecule has 5 N–H and O–H groups in total. The summed E-state index contributed by atoms with van der Waals surface area (Å²) >= 11 is 1.52. The Bertz CT molecular complexity index is 2220. The summed E-state index contributed by atoms with van der Waals surface area (Å²) in [7, 11) is -0.212. The van der Waals surface area contributed by atoms with Crippen LogP contribution in [0.1, 0.15) is 80.6 Å². The van der Waals surface area contributed by atoms with Gasteiger partial charge in [0.15, 0.2) is 10.6 Å². The predicted octanol–water partition coefficient (Wildman–Crippen LogP) is 9.77. The number of aldehydes is 1. The molecule has 2 aliphatic carbocycles. The third kappa shape index (κ3) is 18.6. The number of amidine groups is 1. The van der Waals surface area contributed by atoms with Crippen molar-refractivity contribution >= 4 is 53.3 Å². The van der Waals surface area contributed by atoms with Crippen LogP contribution in [-0.2, 0) is 14.2 Å². The molecule has 1 aliphatic heterocycles. The van der Waals surface area contributed by atoms with Crippen molar-refractivity contribution < 1.29 is 45.7 Å². The van der Waals surface area contributed by atoms with Gasteiger partial charge in [0.25, 0.3) is 0 Å². The molecule has 1 aromatic carbocycles. The number of benzene rings is 1. The van der Waals surface area contributed by atoms with Gasteiger partial charge in [-0.2, -0.15) is 13.2 Å². The topological polar surface area (TPSA) is 178 Å². The summed E-state index contributed by atoms with van der Waals surface area (Å²) in [4.78, 5) is 56.5. The number of thiazole rings is 1. The number of rotatable bonds is 13. The number of aliphatic imine (C=N–C) groups is 1. The van der Waals surface area contributed by atoms with Crippen molar-refractivity contribution in [1.29, 1.82) is 0 Å². The minimum absolute atomic E-state index is 0.0295. The molecule has 3 heterocycles. The number of H-pyrrole nitrogens is 1. The Labute approximate surface area is 382 Å². The number of carbonyl (C=O) groups excluding carboxylic acids is 2. The smallest absolute Gasteiger partial charge is 0.405 e. The van der Waals surface area contributed by atoms with E-state index in [2.05, 4.69) is 85.7 Å². The van der Waals surface area contributed by atoms with Gasteiger partial charge in [-0.15, -0.1) is 17.9 Å². The number of alkyl halides is 3. The number of likely N-dealkylation sites (tertiary alicyclic amines) is 1. The highest BCUT2D eigenvalue weighted by molar-refractivity contribution is 7.60. The van der Waals surface area contributed by atoms with Gasteiger partial charge in [0.05, 0.1) is 42.6 Å². The fourth-order valence-electron chi connectivity index (χ4n) is 6.31. The lowest BCUT2D eigenvalue weighted by Crippen LogP contribution is -2.33. The van der Waals surface area contributed by atoms with E-state index in [0.29, 0.717) is 35.6 Å². The molecule has 0 bridgehead atoms. The number of aromatic nitrogens is 2. The number of fused-ring (bicyclic) bond motifs is 1. The Balaban J connectivity index is 0.000000308. The number of allylic oxidation sites excluding steroid dienone is 4. The maximum absolute atomic E-state index is 13.7. The number of pyridine rings is 1. The summed E-state index contributed by atoms with van der Waals surface area (Å²) in [6, 6.07) is 8.12. The van der Waals surface area contributed by atoms with Crippen molar-refractivity contribution in [2.45, 2.75) is 104 Å². The number of anilines is 1. The van der Waals surface area contributed by atoms with Crippen molar-refractivity contribution in [2.24, 2.45) is 16.8 Å². The van der Waals surface area contributed by atoms with E-state index in [-0.39, 0.29) is 48.6 Å². The van der Waals surface area contributed by atoms with E-state index in [1.165, 1.54) is 49.8 Å². The molecule has 3 unspecified atom stereocenters. The summed E-state index contributed by atoms with van der Waals surface area (Å²) in [5.41, 5.74) is 1.82. The van der Waals surface area contributed by atoms with E-state index in [4.69, 9.17) is 4.74 Å². The van der Waals surface area contributed by atoms with Gasteiger partial charge < -0.3 is 40.3 Å². The zero-order chi connectivity index (χ0) is 49.1. The third-order valence-electron chi connectivity index (χ3n) is 9.94. The molecule has 0 radical (unpaired) electrons. The number of halogens is 5. The van der Waals surface area contributed by atoms with Crippen molar-refractivity contribution in [3.63, 3.8) is 0 Å². The molecule has 20 heteroatoms. The molecule has 2 aromatic heterocycles. The van der Waals surface area contributed by atoms with Gasteiger partial charge in [0, 0.05) is 52.9 Å². The minimum Gasteiger partial charge on any atom is -0.497 e. The average Bonchev–Trinajstić information content (AvgIpc) is 3.56. The molecular weight excluding hydrogens is 893 g/mol. The average molecular weight is 958 g/mol. The number of methoxy groups -OCH3 is 1. The molecule has 1 amide bonds. The molecule has 3 aliphatic rings. The maximum Gasteiger partial charge on any atom is 0.405 e. The number of hydrogen-bond donors (Lipinski definition) is 5. The number of hydrogen-bond acceptors (Lipinski definition) is 10. The quantitative estimate of drug-likeness (QED) is 0.0277. The van der Waals surface area contributed by atoms with Crippen molar-refractivity contribution in [1.82, 2.24) is 25.5 Å². The number of carbonyl (C=O) groups is 2. The first-order chi connectivity index (χ1) is 30.4. The van der Waals surface area contributed by atoms with Crippen LogP contribution < -0.4 is 26.1 Å². The lowest BCUT2D eigenvalue weighted by molar-refractivity contribution is -0.122. The Morgan fingerprint density at radius 3 is 2.37 bits per heavy atom. The molecule has 3 aromatic rings. The van der Waals surface area contributed by atoms with E-state index in [1.807, 2.05) is 16.8 Å². The van der Waals surface area contributed by atoms with Gasteiger partial charge in [0.1, 0.15) is 35.5 Å². The highest BCUT2D eigenvalue weighted by atomic mass is 32.1. The van der Waals surface area contributed by atoms with Gasteiger partial charge in [-0.1, -0.05) is 26.8 Å². The lowest BCUT2D eigenvalue weighted by atomic mass is 10.1. The lowest BCUT2D eigenvalue weighted by Gasteiger charge is -2.25. The first-order valence-electron chi connectivity index (χ1n) is 21.2. The van der Waals surface area contributed by atoms with E-state index in [9.17, 15) is 45.8 Å². The fourth-order valence-corrected chi connectivity index (χ4v) is 9.56. The Morgan fingerprint density at radius 2 is 1.88 bits per heavy atom. The molecule has 13 nitrogen and oxygen atoms in total. The molecular formula is C45H65F5N7O6PS. The fraction of sp³-hybridized carbons (Fsp3) is 0.533. The summed E-state index contributed by atoms with van der Waals surface area (Å²) in [5, 5.41) is 9.71. The van der Waals surface area contributed by atoms with Gasteiger partial charge in [-0.25, -0.2) is 13.8 Å². The minimum atomic E-state index is -4.25. The number of amides is 1. The molecule has 0 spiro atoms. The van der Waals surface area contributed by atoms with Crippen molar-refractivity contribution in [3.05, 3.63) is 75.8 Å². The number of aromatic amines is 1. The van der Waals surface area contributed by atoms with Gasteiger partial charge in [-0.05, 0) is 91.1 Å². The van der Waals surface area contributed by atoms with E-state index in [0.717, 1.165) is 28.3 Å². The maximum atomic E-state index is 13.7. The first-order valence-corrected chi connectivity index (χ1v) is 23.9. The zero-order valence-corrected chi connectivity index (χ0v) is 40.4. The Morgan fingerprint density at radius 1 is 1.20 bits per heavy atom. The van der Waals surface area contributed by atoms with E-state index < -0.39 is 43.2 Å². The molecule has 6 rings (SSSR count). The molecule has 362 valence electrons. The summed E-state index contributed by atoms with van der Waals surface area (Å²) in [6.45, 7) is 17.9. The van der Waals surface area contributed by atoms with Crippen LogP contribution in [0, 0.1) is 11.8 Å². The second kappa shape index (κ2) is 26.4. The van der Waals surface area contributed by atoms with Crippen molar-refractivity contribution in [2.75, 3.05) is 45.3 Å². The number of nitrogens with zero attached hydrogens (tertiary/aromatic N) is 3. The van der Waals surface area contributed by atoms with Gasteiger partial charge in [-0.3, -0.25) is 19.1 Å². The van der Waals surface area contributed by atoms with Crippen LogP contribution >= 0.6 is 18.7 Å². The zero-order valence-electron chi connectivity index (χ0n) is 38.7. The predicted molar refractivity (Wildman–Crippen MR) is 252 cm³/mol. The second-order valence-corrected chi connectivity index (χ2v) is 20.0. The summed E-state index contributed by atoms with van der Waals surface area (Å²) in [6.07, 6.45) is 1.98. The van der Waals surface area contributed by atoms with Crippen LogP contribution in [0.3, 0.4) is 0 Å². The monoisotopic (exact) mass is 957 g/mol. The highest BCUT2D eigenvalue weighted by Crippen LogP contribution is 2.70. The van der Waals surface area contributed by atoms with Gasteiger partial charge >= 0.3 is 6.18 Å². The molecule has 65 heavy (non-hydrogen) atoms. The summed E-state index contributed by atoms with van der Waals surface area (Å²) < 4.78 is 79.7. The van der Waals surface area contributed by atoms with Crippen molar-refractivity contribution in [3.8, 4) is 17.1 Å². The largest absolute Gasteiger partial charge is 0.497 e. The van der Waals surface area contributed by atoms with Crippen LogP contribution in [0.25, 0.3) is 22.3 Å². The van der Waals surface area contributed by atoms with Crippen LogP contribution in [-0.4, -0.2) is 102 Å². The highest BCUT2D eigenvalue weighted by Gasteiger charge is 2.64. The molecule has 1 saturated heterocycles. The Kier molecular flexibility index (Phi) is 22.9. The number of ether oxygens (including phenoxy) is 1. The molecule has 2 fully saturated rings. The SMILES string of the molecule is C=CC1C[C@]1(NC=O)P(=O)(O)CC1=C(F)CCC=C1F.CC(=NCC=O)NCC(F)(F)F.CC(C)C.CC1CCCN1C.COc1ccc2c(=O)cc(-c3csc(NC(C)C)n3)[nH]c2c1. The van der Waals surface area contributed by atoms with Crippen LogP contribution in [0.5, 0.6) is 5.75 Å². The van der Waals surface area contributed by atoms with Crippen LogP contribution in [0.2, 0.25) is 0 Å². The van der Waals surface area contributed by atoms with Gasteiger partial charge in [0.2, 0.25) is 13.8 Å². The standard InChI is InChI=1S/C16H17N3O2S.C13H16F2NO3P.C6H9F3N2O.C6H13N.C4H10/c1-9(2)17-16-19-14(8-22-16)13-7-15(20)11-5-4-10(21-3)6-12(11)18-13;1-2-9-6-13(9,16-8-17)20(18,19)7-10-11(14)4-3-5-12(10)15;1-5(10-2-3-12)11-4-6(7,8)9;1-6-4-3-5-7(6)2;1-4(2)3/h4-9H,1-3H3,(H,17,19)(H,18,20);2,4,8-9H,1,3,5-7H2,(H,16,17)(H,18,19);3H,2,4H2,1H3,(H,10,11);6H,3-5H2,1-2H3;4H,1-3H3/t;9?,13-;;;/m.0.../s1.